The second-order valence-corrected chi connectivity index (χ2v) is 8.73. The van der Waals surface area contributed by atoms with Crippen LogP contribution in [0.2, 0.25) is 0 Å². The first-order valence-corrected chi connectivity index (χ1v) is 6.77. The van der Waals surface area contributed by atoms with Gasteiger partial charge in [0.25, 0.3) is 0 Å². The summed E-state index contributed by atoms with van der Waals surface area (Å²) < 4.78 is 22.2. The van der Waals surface area contributed by atoms with Gasteiger partial charge >= 0.3 is 0 Å². The number of rotatable bonds is 2. The molecule has 0 bridgehead atoms. The average Bonchev–Trinajstić information content (AvgIpc) is 2.04. The first-order chi connectivity index (χ1) is 5.94. The first kappa shape index (κ1) is 11.1. The molecule has 3 nitrogen and oxygen atoms in total. The summed E-state index contributed by atoms with van der Waals surface area (Å²) in [5, 5.41) is 0.0665. The number of sulfone groups is 1. The zero-order valence-electron chi connectivity index (χ0n) is 6.74. The molecule has 0 saturated carbocycles. The summed E-state index contributed by atoms with van der Waals surface area (Å²) in [6.07, 6.45) is 1.52. The molecule has 0 spiro atoms. The second-order valence-electron chi connectivity index (χ2n) is 2.48. The van der Waals surface area contributed by atoms with Crippen molar-refractivity contribution >= 4 is 41.7 Å². The monoisotopic (exact) mass is 327 g/mol. The molecule has 1 heterocycles. The Labute approximate surface area is 93.7 Å². The average molecular weight is 329 g/mol. The molecule has 0 unspecified atom stereocenters. The number of hydrogen-bond acceptors (Lipinski definition) is 3. The van der Waals surface area contributed by atoms with E-state index in [0.717, 1.165) is 5.56 Å². The summed E-state index contributed by atoms with van der Waals surface area (Å²) in [7, 11) is -3.37. The Morgan fingerprint density at radius 2 is 2.00 bits per heavy atom. The van der Waals surface area contributed by atoms with Crippen LogP contribution in [0.15, 0.2) is 23.4 Å². The highest BCUT2D eigenvalue weighted by Gasteiger charge is 2.23. The molecule has 0 aliphatic heterocycles. The van der Waals surface area contributed by atoms with Crippen LogP contribution in [0.1, 0.15) is 5.56 Å². The zero-order valence-corrected chi connectivity index (χ0v) is 10.7. The van der Waals surface area contributed by atoms with E-state index in [0.29, 0.717) is 0 Å². The van der Waals surface area contributed by atoms with Gasteiger partial charge in [-0.05, 0) is 18.6 Å². The lowest BCUT2D eigenvalue weighted by Gasteiger charge is -2.03. The third-order valence-corrected chi connectivity index (χ3v) is 5.66. The molecule has 1 rings (SSSR count). The minimum atomic E-state index is -3.37. The highest BCUT2D eigenvalue weighted by atomic mass is 79.9. The third kappa shape index (κ3) is 2.51. The van der Waals surface area contributed by atoms with Crippen molar-refractivity contribution in [3.63, 3.8) is 0 Å². The molecule has 0 aliphatic carbocycles. The van der Waals surface area contributed by atoms with Gasteiger partial charge in [-0.25, -0.2) is 13.4 Å². The molecule has 1 aromatic rings. The smallest absolute Gasteiger partial charge is 0.218 e. The quantitative estimate of drug-likeness (QED) is 0.782. The standard InChI is InChI=1S/C7H7Br2NO2S/c1-5-2-3-6(10-4-5)13(11,12)7(8)9/h2-4,7H,1H3. The number of hydrogen-bond donors (Lipinski definition) is 0. The molecule has 0 radical (unpaired) electrons. The molecule has 72 valence electrons. The molecular weight excluding hydrogens is 322 g/mol. The fraction of sp³-hybridized carbons (Fsp3) is 0.286. The van der Waals surface area contributed by atoms with Gasteiger partial charge in [0.2, 0.25) is 9.84 Å². The van der Waals surface area contributed by atoms with E-state index in [1.807, 2.05) is 6.92 Å². The molecule has 0 aliphatic rings. The molecule has 0 N–H and O–H groups in total. The number of nitrogens with zero attached hydrogens (tertiary/aromatic N) is 1. The van der Waals surface area contributed by atoms with Crippen molar-refractivity contribution in [2.45, 2.75) is 15.0 Å². The maximum atomic E-state index is 11.5. The Hall–Kier alpha value is 0.0600. The van der Waals surface area contributed by atoms with Crippen LogP contribution in [0.25, 0.3) is 0 Å². The van der Waals surface area contributed by atoms with Gasteiger partial charge in [0.1, 0.15) is 0 Å². The summed E-state index contributed by atoms with van der Waals surface area (Å²) >= 11 is 5.88. The number of aromatic nitrogens is 1. The largest absolute Gasteiger partial charge is 0.244 e. The highest BCUT2D eigenvalue weighted by molar-refractivity contribution is 9.27. The first-order valence-electron chi connectivity index (χ1n) is 3.39. The van der Waals surface area contributed by atoms with Gasteiger partial charge in [-0.15, -0.1) is 0 Å². The molecule has 0 fully saturated rings. The second kappa shape index (κ2) is 4.06. The Morgan fingerprint density at radius 1 is 1.38 bits per heavy atom. The topological polar surface area (TPSA) is 47.0 Å². The maximum Gasteiger partial charge on any atom is 0.218 e. The van der Waals surface area contributed by atoms with Crippen LogP contribution < -0.4 is 0 Å². The van der Waals surface area contributed by atoms with Crippen LogP contribution in [-0.2, 0) is 9.84 Å². The van der Waals surface area contributed by atoms with E-state index in [1.54, 1.807) is 6.07 Å². The molecule has 0 atom stereocenters. The van der Waals surface area contributed by atoms with E-state index >= 15 is 0 Å². The SMILES string of the molecule is Cc1ccc(S(=O)(=O)C(Br)Br)nc1. The van der Waals surface area contributed by atoms with E-state index < -0.39 is 12.9 Å². The summed E-state index contributed by atoms with van der Waals surface area (Å²) in [6.45, 7) is 1.85. The van der Waals surface area contributed by atoms with Crippen molar-refractivity contribution in [3.8, 4) is 0 Å². The fourth-order valence-electron chi connectivity index (χ4n) is 0.714. The van der Waals surface area contributed by atoms with Crippen molar-refractivity contribution < 1.29 is 8.42 Å². The molecule has 0 aromatic carbocycles. The van der Waals surface area contributed by atoms with Crippen molar-refractivity contribution in [2.24, 2.45) is 0 Å². The van der Waals surface area contributed by atoms with Gasteiger partial charge in [-0.2, -0.15) is 0 Å². The Bertz CT molecular complexity index is 385. The van der Waals surface area contributed by atoms with E-state index in [2.05, 4.69) is 36.8 Å². The Kier molecular flexibility index (Phi) is 3.48. The summed E-state index contributed by atoms with van der Waals surface area (Å²) in [5.41, 5.74) is 0.930. The van der Waals surface area contributed by atoms with Crippen LogP contribution in [0.4, 0.5) is 0 Å². The van der Waals surface area contributed by atoms with Crippen LogP contribution in [0, 0.1) is 6.92 Å². The van der Waals surface area contributed by atoms with Gasteiger partial charge in [-0.1, -0.05) is 37.9 Å². The van der Waals surface area contributed by atoms with E-state index in [-0.39, 0.29) is 5.03 Å². The van der Waals surface area contributed by atoms with Gasteiger partial charge in [0.15, 0.2) is 8.09 Å². The lowest BCUT2D eigenvalue weighted by molar-refractivity contribution is 0.596. The number of alkyl halides is 2. The van der Waals surface area contributed by atoms with Crippen molar-refractivity contribution in [1.29, 1.82) is 0 Å². The van der Waals surface area contributed by atoms with Gasteiger partial charge in [0.05, 0.1) is 0 Å². The third-order valence-electron chi connectivity index (χ3n) is 1.41. The van der Waals surface area contributed by atoms with Gasteiger partial charge < -0.3 is 0 Å². The highest BCUT2D eigenvalue weighted by Crippen LogP contribution is 2.22. The van der Waals surface area contributed by atoms with Crippen LogP contribution in [0.5, 0.6) is 0 Å². The zero-order chi connectivity index (χ0) is 10.1. The normalized spacial score (nSPS) is 12.0. The van der Waals surface area contributed by atoms with Crippen LogP contribution in [0.3, 0.4) is 0 Å². The lowest BCUT2D eigenvalue weighted by Crippen LogP contribution is -2.10. The molecule has 1 aromatic heterocycles. The van der Waals surface area contributed by atoms with Crippen molar-refractivity contribution in [3.05, 3.63) is 23.9 Å². The molecule has 0 amide bonds. The molecule has 13 heavy (non-hydrogen) atoms. The van der Waals surface area contributed by atoms with Crippen LogP contribution in [-0.4, -0.2) is 16.5 Å². The van der Waals surface area contributed by atoms with E-state index in [4.69, 9.17) is 0 Å². The number of halogens is 2. The summed E-state index contributed by atoms with van der Waals surface area (Å²) in [5.74, 6) is 0. The summed E-state index contributed by atoms with van der Waals surface area (Å²) in [4.78, 5) is 3.82. The maximum absolute atomic E-state index is 11.5. The predicted octanol–water partition coefficient (Wildman–Crippen LogP) is 2.24. The van der Waals surface area contributed by atoms with Crippen LogP contribution >= 0.6 is 31.9 Å². The molecule has 0 saturated heterocycles. The number of aryl methyl sites for hydroxylation is 1. The van der Waals surface area contributed by atoms with Crippen molar-refractivity contribution in [2.75, 3.05) is 0 Å². The predicted molar refractivity (Wildman–Crippen MR) is 57.8 cm³/mol. The number of pyridine rings is 1. The van der Waals surface area contributed by atoms with Gasteiger partial charge in [-0.3, -0.25) is 0 Å². The Balaban J connectivity index is 3.17. The van der Waals surface area contributed by atoms with Gasteiger partial charge in [0, 0.05) is 6.20 Å². The minimum absolute atomic E-state index is 0.0665. The summed E-state index contributed by atoms with van der Waals surface area (Å²) in [6, 6.07) is 3.20. The van der Waals surface area contributed by atoms with Crippen molar-refractivity contribution in [1.82, 2.24) is 4.98 Å². The van der Waals surface area contributed by atoms with E-state index in [1.165, 1.54) is 12.3 Å². The lowest BCUT2D eigenvalue weighted by atomic mass is 10.3. The molecular formula is C7H7Br2NO2S. The Morgan fingerprint density at radius 3 is 2.38 bits per heavy atom. The van der Waals surface area contributed by atoms with E-state index in [9.17, 15) is 8.42 Å². The fourth-order valence-corrected chi connectivity index (χ4v) is 2.50. The minimum Gasteiger partial charge on any atom is -0.244 e. The molecule has 6 heteroatoms.